The minimum Gasteiger partial charge on any atom is -0.378 e. The van der Waals surface area contributed by atoms with E-state index in [1.165, 1.54) is 11.3 Å². The number of nitrogens with zero attached hydrogens (tertiary/aromatic N) is 1. The first-order valence-electron chi connectivity index (χ1n) is 6.09. The summed E-state index contributed by atoms with van der Waals surface area (Å²) in [5.41, 5.74) is 3.51. The molecule has 0 saturated heterocycles. The van der Waals surface area contributed by atoms with Crippen LogP contribution >= 0.6 is 0 Å². The van der Waals surface area contributed by atoms with Crippen LogP contribution in [0.1, 0.15) is 12.5 Å². The maximum absolute atomic E-state index is 5.24. The van der Waals surface area contributed by atoms with E-state index < -0.39 is 0 Å². The molecule has 18 heavy (non-hydrogen) atoms. The van der Waals surface area contributed by atoms with Crippen molar-refractivity contribution in [1.29, 1.82) is 0 Å². The van der Waals surface area contributed by atoms with E-state index in [9.17, 15) is 0 Å². The number of nitrogens with one attached hydrogen (secondary N) is 1. The van der Waals surface area contributed by atoms with Gasteiger partial charge in [-0.15, -0.1) is 0 Å². The van der Waals surface area contributed by atoms with Gasteiger partial charge >= 0.3 is 0 Å². The number of hydrogen-bond donors (Lipinski definition) is 1. The fourth-order valence-corrected chi connectivity index (χ4v) is 1.91. The van der Waals surface area contributed by atoms with E-state index in [0.717, 1.165) is 5.69 Å². The van der Waals surface area contributed by atoms with Gasteiger partial charge < -0.3 is 19.7 Å². The third-order valence-corrected chi connectivity index (χ3v) is 2.98. The summed E-state index contributed by atoms with van der Waals surface area (Å²) in [5, 5.41) is 3.41. The fraction of sp³-hybridized carbons (Fsp3) is 0.571. The van der Waals surface area contributed by atoms with Gasteiger partial charge in [0.05, 0.1) is 6.04 Å². The molecule has 4 nitrogen and oxygen atoms in total. The number of methoxy groups -OCH3 is 2. The van der Waals surface area contributed by atoms with Gasteiger partial charge in [-0.2, -0.15) is 0 Å². The monoisotopic (exact) mass is 252 g/mol. The molecular weight excluding hydrogens is 228 g/mol. The van der Waals surface area contributed by atoms with E-state index in [4.69, 9.17) is 9.47 Å². The van der Waals surface area contributed by atoms with Crippen molar-refractivity contribution >= 4 is 11.4 Å². The second kappa shape index (κ2) is 6.61. The number of hydrogen-bond acceptors (Lipinski definition) is 4. The Morgan fingerprint density at radius 1 is 1.17 bits per heavy atom. The number of benzene rings is 1. The van der Waals surface area contributed by atoms with Crippen molar-refractivity contribution in [3.63, 3.8) is 0 Å². The average Bonchev–Trinajstić information content (AvgIpc) is 2.33. The summed E-state index contributed by atoms with van der Waals surface area (Å²) in [6.07, 6.45) is -0.252. The molecular formula is C14H24N2O2. The Hall–Kier alpha value is -1.26. The normalized spacial score (nSPS) is 12.6. The molecule has 0 bridgehead atoms. The highest BCUT2D eigenvalue weighted by atomic mass is 16.7. The fourth-order valence-electron chi connectivity index (χ4n) is 1.91. The molecule has 0 amide bonds. The predicted molar refractivity (Wildman–Crippen MR) is 76.4 cm³/mol. The third-order valence-electron chi connectivity index (χ3n) is 2.98. The number of ether oxygens (including phenoxy) is 2. The molecule has 0 saturated carbocycles. The molecule has 1 rings (SSSR count). The van der Waals surface area contributed by atoms with Crippen LogP contribution in [0.15, 0.2) is 18.2 Å². The minimum atomic E-state index is -0.252. The molecule has 4 heteroatoms. The molecule has 1 aromatic carbocycles. The van der Waals surface area contributed by atoms with Crippen LogP contribution in [-0.4, -0.2) is 40.6 Å². The van der Waals surface area contributed by atoms with Crippen LogP contribution in [0.25, 0.3) is 0 Å². The zero-order chi connectivity index (χ0) is 13.7. The highest BCUT2D eigenvalue weighted by Gasteiger charge is 2.16. The van der Waals surface area contributed by atoms with E-state index in [1.807, 2.05) is 21.0 Å². The van der Waals surface area contributed by atoms with Gasteiger partial charge in [0.25, 0.3) is 0 Å². The van der Waals surface area contributed by atoms with Crippen molar-refractivity contribution in [2.45, 2.75) is 26.2 Å². The van der Waals surface area contributed by atoms with E-state index in [0.29, 0.717) is 0 Å². The van der Waals surface area contributed by atoms with Gasteiger partial charge in [-0.1, -0.05) is 0 Å². The zero-order valence-corrected chi connectivity index (χ0v) is 12.2. The Labute approximate surface area is 110 Å². The van der Waals surface area contributed by atoms with Gasteiger partial charge in [-0.25, -0.2) is 0 Å². The first kappa shape index (κ1) is 14.8. The summed E-state index contributed by atoms with van der Waals surface area (Å²) in [7, 11) is 7.37. The molecule has 0 heterocycles. The summed E-state index contributed by atoms with van der Waals surface area (Å²) >= 11 is 0. The maximum Gasteiger partial charge on any atom is 0.176 e. The van der Waals surface area contributed by atoms with Gasteiger partial charge in [-0.3, -0.25) is 0 Å². The SMILES string of the molecule is COC(OC)C(C)Nc1ccc(N(C)C)cc1C. The van der Waals surface area contributed by atoms with Crippen LogP contribution in [0, 0.1) is 6.92 Å². The largest absolute Gasteiger partial charge is 0.378 e. The van der Waals surface area contributed by atoms with Gasteiger partial charge in [0, 0.05) is 39.7 Å². The van der Waals surface area contributed by atoms with Crippen LogP contribution in [0.5, 0.6) is 0 Å². The third kappa shape index (κ3) is 3.62. The number of rotatable bonds is 6. The maximum atomic E-state index is 5.24. The summed E-state index contributed by atoms with van der Waals surface area (Å²) in [4.78, 5) is 2.09. The number of anilines is 2. The van der Waals surface area contributed by atoms with Crippen LogP contribution in [-0.2, 0) is 9.47 Å². The standard InChI is InChI=1S/C14H24N2O2/c1-10-9-12(16(3)4)7-8-13(10)15-11(2)14(17-5)18-6/h7-9,11,14-15H,1-6H3. The summed E-state index contributed by atoms with van der Waals surface area (Å²) < 4.78 is 10.5. The van der Waals surface area contributed by atoms with Gasteiger partial charge in [-0.05, 0) is 37.6 Å². The molecule has 0 aromatic heterocycles. The summed E-state index contributed by atoms with van der Waals surface area (Å²) in [6.45, 7) is 4.13. The van der Waals surface area contributed by atoms with Crippen LogP contribution < -0.4 is 10.2 Å². The lowest BCUT2D eigenvalue weighted by Crippen LogP contribution is -2.34. The molecule has 0 aliphatic carbocycles. The molecule has 1 unspecified atom stereocenters. The molecule has 0 fully saturated rings. The Morgan fingerprint density at radius 2 is 1.78 bits per heavy atom. The zero-order valence-electron chi connectivity index (χ0n) is 12.2. The molecule has 102 valence electrons. The van der Waals surface area contributed by atoms with Crippen molar-refractivity contribution in [1.82, 2.24) is 0 Å². The Morgan fingerprint density at radius 3 is 2.22 bits per heavy atom. The first-order chi connectivity index (χ1) is 8.49. The van der Waals surface area contributed by atoms with Crippen molar-refractivity contribution in [2.24, 2.45) is 0 Å². The molecule has 1 atom stereocenters. The van der Waals surface area contributed by atoms with Crippen LogP contribution in [0.4, 0.5) is 11.4 Å². The van der Waals surface area contributed by atoms with Crippen molar-refractivity contribution in [3.05, 3.63) is 23.8 Å². The van der Waals surface area contributed by atoms with Crippen LogP contribution in [0.3, 0.4) is 0 Å². The van der Waals surface area contributed by atoms with Gasteiger partial charge in [0.15, 0.2) is 6.29 Å². The lowest BCUT2D eigenvalue weighted by atomic mass is 10.1. The first-order valence-corrected chi connectivity index (χ1v) is 6.09. The summed E-state index contributed by atoms with van der Waals surface area (Å²) in [6, 6.07) is 6.42. The lowest BCUT2D eigenvalue weighted by molar-refractivity contribution is -0.109. The second-order valence-corrected chi connectivity index (χ2v) is 4.67. The van der Waals surface area contributed by atoms with Crippen molar-refractivity contribution in [2.75, 3.05) is 38.5 Å². The molecule has 1 aromatic rings. The van der Waals surface area contributed by atoms with Crippen molar-refractivity contribution in [3.8, 4) is 0 Å². The highest BCUT2D eigenvalue weighted by molar-refractivity contribution is 5.60. The van der Waals surface area contributed by atoms with E-state index in [1.54, 1.807) is 14.2 Å². The molecule has 0 aliphatic heterocycles. The van der Waals surface area contributed by atoms with Crippen LogP contribution in [0.2, 0.25) is 0 Å². The second-order valence-electron chi connectivity index (χ2n) is 4.67. The highest BCUT2D eigenvalue weighted by Crippen LogP contribution is 2.22. The molecule has 0 spiro atoms. The minimum absolute atomic E-state index is 0.0870. The van der Waals surface area contributed by atoms with E-state index in [2.05, 4.69) is 35.3 Å². The van der Waals surface area contributed by atoms with E-state index in [-0.39, 0.29) is 12.3 Å². The predicted octanol–water partition coefficient (Wildman–Crippen LogP) is 2.48. The average molecular weight is 252 g/mol. The Kier molecular flexibility index (Phi) is 5.44. The Bertz CT molecular complexity index is 376. The number of aryl methyl sites for hydroxylation is 1. The smallest absolute Gasteiger partial charge is 0.176 e. The molecule has 0 aliphatic rings. The molecule has 0 radical (unpaired) electrons. The molecule has 1 N–H and O–H groups in total. The van der Waals surface area contributed by atoms with Crippen molar-refractivity contribution < 1.29 is 9.47 Å². The quantitative estimate of drug-likeness (QED) is 0.789. The topological polar surface area (TPSA) is 33.7 Å². The van der Waals surface area contributed by atoms with Gasteiger partial charge in [0.1, 0.15) is 0 Å². The van der Waals surface area contributed by atoms with E-state index >= 15 is 0 Å². The summed E-state index contributed by atoms with van der Waals surface area (Å²) in [5.74, 6) is 0. The van der Waals surface area contributed by atoms with Gasteiger partial charge in [0.2, 0.25) is 0 Å². The Balaban J connectivity index is 2.79. The lowest BCUT2D eigenvalue weighted by Gasteiger charge is -2.24.